The fraction of sp³-hybridized carbons (Fsp3) is 0.500. The quantitative estimate of drug-likeness (QED) is 0.792. The number of halogens is 2. The summed E-state index contributed by atoms with van der Waals surface area (Å²) in [5.74, 6) is 0.469. The van der Waals surface area contributed by atoms with Crippen molar-refractivity contribution in [2.75, 3.05) is 6.54 Å². The van der Waals surface area contributed by atoms with Gasteiger partial charge in [-0.05, 0) is 25.5 Å². The Morgan fingerprint density at radius 2 is 1.93 bits per heavy atom. The zero-order valence-electron chi connectivity index (χ0n) is 8.71. The standard InChI is InChI=1S/C12H15F2N/c1-8-11(6-7-15-8)9-2-4-10(5-3-9)12(13)14/h2-5,8,11-12,15H,6-7H2,1H3. The van der Waals surface area contributed by atoms with Crippen molar-refractivity contribution in [3.05, 3.63) is 35.4 Å². The second-order valence-corrected chi connectivity index (χ2v) is 4.11. The molecule has 1 saturated heterocycles. The van der Waals surface area contributed by atoms with Crippen LogP contribution >= 0.6 is 0 Å². The minimum absolute atomic E-state index is 0.109. The molecular weight excluding hydrogens is 196 g/mol. The molecule has 2 atom stereocenters. The van der Waals surface area contributed by atoms with Crippen LogP contribution in [0.1, 0.15) is 36.8 Å². The van der Waals surface area contributed by atoms with E-state index >= 15 is 0 Å². The van der Waals surface area contributed by atoms with Gasteiger partial charge in [-0.3, -0.25) is 0 Å². The molecule has 1 aromatic rings. The molecule has 0 saturated carbocycles. The van der Waals surface area contributed by atoms with Crippen molar-refractivity contribution in [1.82, 2.24) is 5.32 Å². The molecule has 82 valence electrons. The second kappa shape index (κ2) is 4.27. The van der Waals surface area contributed by atoms with Crippen molar-refractivity contribution < 1.29 is 8.78 Å². The number of hydrogen-bond donors (Lipinski definition) is 1. The van der Waals surface area contributed by atoms with Crippen LogP contribution in [-0.4, -0.2) is 12.6 Å². The molecule has 1 nitrogen and oxygen atoms in total. The molecule has 2 rings (SSSR count). The molecular formula is C12H15F2N. The molecule has 1 aromatic carbocycles. The van der Waals surface area contributed by atoms with E-state index in [1.807, 2.05) is 12.1 Å². The normalized spacial score (nSPS) is 26.1. The Morgan fingerprint density at radius 3 is 2.40 bits per heavy atom. The van der Waals surface area contributed by atoms with Crippen LogP contribution in [-0.2, 0) is 0 Å². The zero-order valence-corrected chi connectivity index (χ0v) is 8.71. The van der Waals surface area contributed by atoms with Gasteiger partial charge in [0.25, 0.3) is 6.43 Å². The third-order valence-electron chi connectivity index (χ3n) is 3.14. The maximum absolute atomic E-state index is 12.3. The number of benzene rings is 1. The lowest BCUT2D eigenvalue weighted by molar-refractivity contribution is 0.151. The van der Waals surface area contributed by atoms with Crippen LogP contribution < -0.4 is 5.32 Å². The Kier molecular flexibility index (Phi) is 3.00. The van der Waals surface area contributed by atoms with Crippen LogP contribution in [0.2, 0.25) is 0 Å². The van der Waals surface area contributed by atoms with E-state index in [1.165, 1.54) is 12.1 Å². The maximum Gasteiger partial charge on any atom is 0.263 e. The number of rotatable bonds is 2. The van der Waals surface area contributed by atoms with Gasteiger partial charge in [0.05, 0.1) is 0 Å². The Morgan fingerprint density at radius 1 is 1.27 bits per heavy atom. The van der Waals surface area contributed by atoms with E-state index in [0.29, 0.717) is 12.0 Å². The molecule has 3 heteroatoms. The molecule has 0 radical (unpaired) electrons. The number of nitrogens with one attached hydrogen (secondary N) is 1. The van der Waals surface area contributed by atoms with Crippen LogP contribution in [0.4, 0.5) is 8.78 Å². The SMILES string of the molecule is CC1NCCC1c1ccc(C(F)F)cc1. The van der Waals surface area contributed by atoms with Gasteiger partial charge < -0.3 is 5.32 Å². The summed E-state index contributed by atoms with van der Waals surface area (Å²) < 4.78 is 24.7. The summed E-state index contributed by atoms with van der Waals surface area (Å²) >= 11 is 0. The average molecular weight is 211 g/mol. The molecule has 0 bridgehead atoms. The monoisotopic (exact) mass is 211 g/mol. The number of hydrogen-bond acceptors (Lipinski definition) is 1. The molecule has 1 aliphatic rings. The van der Waals surface area contributed by atoms with E-state index < -0.39 is 6.43 Å². The fourth-order valence-corrected chi connectivity index (χ4v) is 2.20. The van der Waals surface area contributed by atoms with Crippen LogP contribution in [0.25, 0.3) is 0 Å². The molecule has 1 fully saturated rings. The fourth-order valence-electron chi connectivity index (χ4n) is 2.20. The molecule has 0 spiro atoms. The first-order chi connectivity index (χ1) is 7.18. The number of alkyl halides is 2. The van der Waals surface area contributed by atoms with E-state index in [2.05, 4.69) is 12.2 Å². The van der Waals surface area contributed by atoms with Gasteiger partial charge in [-0.25, -0.2) is 8.78 Å². The lowest BCUT2D eigenvalue weighted by Gasteiger charge is -2.15. The van der Waals surface area contributed by atoms with Crippen molar-refractivity contribution in [3.63, 3.8) is 0 Å². The van der Waals surface area contributed by atoms with Gasteiger partial charge in [-0.1, -0.05) is 24.3 Å². The average Bonchev–Trinajstić information content (AvgIpc) is 2.65. The lowest BCUT2D eigenvalue weighted by atomic mass is 9.92. The van der Waals surface area contributed by atoms with Crippen molar-refractivity contribution >= 4 is 0 Å². The van der Waals surface area contributed by atoms with E-state index in [-0.39, 0.29) is 5.56 Å². The van der Waals surface area contributed by atoms with Crippen LogP contribution in [0.3, 0.4) is 0 Å². The Labute approximate surface area is 88.5 Å². The van der Waals surface area contributed by atoms with Crippen molar-refractivity contribution in [2.45, 2.75) is 31.7 Å². The largest absolute Gasteiger partial charge is 0.314 e. The Hall–Kier alpha value is -0.960. The van der Waals surface area contributed by atoms with Gasteiger partial charge in [0.15, 0.2) is 0 Å². The highest BCUT2D eigenvalue weighted by Gasteiger charge is 2.24. The minimum Gasteiger partial charge on any atom is -0.314 e. The van der Waals surface area contributed by atoms with Gasteiger partial charge in [-0.15, -0.1) is 0 Å². The first kappa shape index (κ1) is 10.6. The van der Waals surface area contributed by atoms with Gasteiger partial charge in [0.2, 0.25) is 0 Å². The topological polar surface area (TPSA) is 12.0 Å². The summed E-state index contributed by atoms with van der Waals surface area (Å²) in [4.78, 5) is 0. The molecule has 1 aliphatic heterocycles. The summed E-state index contributed by atoms with van der Waals surface area (Å²) in [5.41, 5.74) is 1.27. The van der Waals surface area contributed by atoms with Crippen molar-refractivity contribution in [1.29, 1.82) is 0 Å². The maximum atomic E-state index is 12.3. The summed E-state index contributed by atoms with van der Waals surface area (Å²) in [7, 11) is 0. The molecule has 1 heterocycles. The van der Waals surface area contributed by atoms with Crippen molar-refractivity contribution in [2.24, 2.45) is 0 Å². The smallest absolute Gasteiger partial charge is 0.263 e. The third-order valence-corrected chi connectivity index (χ3v) is 3.14. The van der Waals surface area contributed by atoms with Gasteiger partial charge in [0, 0.05) is 17.5 Å². The van der Waals surface area contributed by atoms with Crippen LogP contribution in [0.5, 0.6) is 0 Å². The Balaban J connectivity index is 2.16. The van der Waals surface area contributed by atoms with Gasteiger partial charge in [-0.2, -0.15) is 0 Å². The molecule has 0 aromatic heterocycles. The van der Waals surface area contributed by atoms with Crippen LogP contribution in [0.15, 0.2) is 24.3 Å². The predicted octanol–water partition coefficient (Wildman–Crippen LogP) is 3.09. The first-order valence-corrected chi connectivity index (χ1v) is 5.30. The summed E-state index contributed by atoms with van der Waals surface area (Å²) in [6.07, 6.45) is -1.27. The molecule has 15 heavy (non-hydrogen) atoms. The van der Waals surface area contributed by atoms with E-state index in [9.17, 15) is 8.78 Å². The third kappa shape index (κ3) is 2.17. The summed E-state index contributed by atoms with van der Waals surface area (Å²) in [5, 5.41) is 3.36. The van der Waals surface area contributed by atoms with E-state index in [1.54, 1.807) is 0 Å². The minimum atomic E-state index is -2.36. The highest BCUT2D eigenvalue weighted by molar-refractivity contribution is 5.27. The highest BCUT2D eigenvalue weighted by Crippen LogP contribution is 2.29. The second-order valence-electron chi connectivity index (χ2n) is 4.11. The summed E-state index contributed by atoms with van der Waals surface area (Å²) in [6, 6.07) is 7.17. The molecule has 0 aliphatic carbocycles. The highest BCUT2D eigenvalue weighted by atomic mass is 19.3. The van der Waals surface area contributed by atoms with E-state index in [4.69, 9.17) is 0 Å². The lowest BCUT2D eigenvalue weighted by Crippen LogP contribution is -2.21. The van der Waals surface area contributed by atoms with Crippen LogP contribution in [0, 0.1) is 0 Å². The molecule has 1 N–H and O–H groups in total. The summed E-state index contributed by atoms with van der Waals surface area (Å²) in [6.45, 7) is 3.15. The Bertz CT molecular complexity index is 321. The zero-order chi connectivity index (χ0) is 10.8. The van der Waals surface area contributed by atoms with Crippen molar-refractivity contribution in [3.8, 4) is 0 Å². The molecule has 2 unspecified atom stereocenters. The first-order valence-electron chi connectivity index (χ1n) is 5.30. The van der Waals surface area contributed by atoms with E-state index in [0.717, 1.165) is 18.5 Å². The predicted molar refractivity (Wildman–Crippen MR) is 56.2 cm³/mol. The van der Waals surface area contributed by atoms with Gasteiger partial charge in [0.1, 0.15) is 0 Å². The van der Waals surface area contributed by atoms with Gasteiger partial charge >= 0.3 is 0 Å². The molecule has 0 amide bonds.